The summed E-state index contributed by atoms with van der Waals surface area (Å²) < 4.78 is 0. The highest BCUT2D eigenvalue weighted by Gasteiger charge is 2.37. The first kappa shape index (κ1) is 43.8. The molecule has 0 saturated carbocycles. The highest BCUT2D eigenvalue weighted by atomic mass is 16.1. The molecule has 0 N–H and O–H groups in total. The highest BCUT2D eigenvalue weighted by Crippen LogP contribution is 2.38. The van der Waals surface area contributed by atoms with Crippen molar-refractivity contribution >= 4 is 24.4 Å². The Morgan fingerprint density at radius 1 is 0.458 bits per heavy atom. The van der Waals surface area contributed by atoms with Gasteiger partial charge in [0.05, 0.1) is 0 Å². The number of rotatable bonds is 32. The van der Waals surface area contributed by atoms with Crippen LogP contribution >= 0.6 is 0 Å². The summed E-state index contributed by atoms with van der Waals surface area (Å²) in [4.78, 5) is 56.4. The molecule has 0 bridgehead atoms. The van der Waals surface area contributed by atoms with Gasteiger partial charge in [0, 0.05) is 48.5 Å². The van der Waals surface area contributed by atoms with Crippen LogP contribution in [0.4, 0.5) is 0 Å². The van der Waals surface area contributed by atoms with E-state index in [-0.39, 0.29) is 23.4 Å². The molecular weight excluding hydrogens is 596 g/mol. The third-order valence-electron chi connectivity index (χ3n) is 10.3. The molecule has 6 nitrogen and oxygen atoms in total. The van der Waals surface area contributed by atoms with Gasteiger partial charge in [0.2, 0.25) is 12.8 Å². The first-order valence-corrected chi connectivity index (χ1v) is 20.2. The first-order chi connectivity index (χ1) is 23.3. The maximum Gasteiger partial charge on any atom is 0.209 e. The molecule has 0 spiro atoms. The van der Waals surface area contributed by atoms with Crippen LogP contribution in [-0.2, 0) is 19.2 Å². The molecular formula is C42H74N2O4. The van der Waals surface area contributed by atoms with Gasteiger partial charge in [0.25, 0.3) is 0 Å². The summed E-state index contributed by atoms with van der Waals surface area (Å²) in [6, 6.07) is 0. The Labute approximate surface area is 295 Å². The maximum atomic E-state index is 14.6. The fourth-order valence-corrected chi connectivity index (χ4v) is 7.36. The number of nitrogens with zero attached hydrogens (tertiary/aromatic N) is 2. The largest absolute Gasteiger partial charge is 0.345 e. The van der Waals surface area contributed by atoms with Crippen LogP contribution in [0.15, 0.2) is 22.3 Å². The molecule has 0 aromatic carbocycles. The van der Waals surface area contributed by atoms with E-state index >= 15 is 0 Å². The number of Topliss-reactive ketones (excluding diaryl/α,β-unsaturated/α-hetero) is 2. The van der Waals surface area contributed by atoms with Gasteiger partial charge < -0.3 is 9.80 Å². The normalized spacial score (nSPS) is 14.9. The van der Waals surface area contributed by atoms with E-state index in [0.717, 1.165) is 64.2 Å². The SMILES string of the molecule is CCCCCCCCCCC(C)C1=C(CCN(C=O)CCC)C(=O)C(C(C)CCCCCCCCCC)=C(CCN(C=O)CCC)C1=O. The van der Waals surface area contributed by atoms with Gasteiger partial charge in [-0.15, -0.1) is 0 Å². The summed E-state index contributed by atoms with van der Waals surface area (Å²) >= 11 is 0. The summed E-state index contributed by atoms with van der Waals surface area (Å²) in [7, 11) is 0. The van der Waals surface area contributed by atoms with E-state index in [1.807, 2.05) is 13.8 Å². The topological polar surface area (TPSA) is 74.8 Å². The number of hydrogen-bond donors (Lipinski definition) is 0. The molecule has 6 heteroatoms. The lowest BCUT2D eigenvalue weighted by Crippen LogP contribution is -2.34. The van der Waals surface area contributed by atoms with Crippen molar-refractivity contribution in [1.82, 2.24) is 9.80 Å². The number of amides is 2. The molecule has 1 rings (SSSR count). The molecule has 0 aromatic heterocycles. The Kier molecular flexibility index (Phi) is 25.1. The predicted molar refractivity (Wildman–Crippen MR) is 202 cm³/mol. The van der Waals surface area contributed by atoms with E-state index in [0.29, 0.717) is 61.3 Å². The van der Waals surface area contributed by atoms with E-state index in [9.17, 15) is 19.2 Å². The zero-order valence-corrected chi connectivity index (χ0v) is 32.2. The van der Waals surface area contributed by atoms with E-state index < -0.39 is 0 Å². The van der Waals surface area contributed by atoms with Crippen LogP contribution in [0.2, 0.25) is 0 Å². The predicted octanol–water partition coefficient (Wildman–Crippen LogP) is 10.6. The number of ketones is 2. The lowest BCUT2D eigenvalue weighted by Gasteiger charge is -2.31. The molecule has 0 saturated heterocycles. The lowest BCUT2D eigenvalue weighted by atomic mass is 9.72. The quantitative estimate of drug-likeness (QED) is 0.0405. The Hall–Kier alpha value is -2.24. The fourth-order valence-electron chi connectivity index (χ4n) is 7.36. The van der Waals surface area contributed by atoms with Crippen LogP contribution in [-0.4, -0.2) is 60.4 Å². The average Bonchev–Trinajstić information content (AvgIpc) is 3.08. The summed E-state index contributed by atoms with van der Waals surface area (Å²) in [5.41, 5.74) is 2.63. The van der Waals surface area contributed by atoms with Crippen molar-refractivity contribution in [3.05, 3.63) is 22.3 Å². The molecule has 2 unspecified atom stereocenters. The van der Waals surface area contributed by atoms with Gasteiger partial charge in [-0.1, -0.05) is 144 Å². The van der Waals surface area contributed by atoms with Crippen molar-refractivity contribution in [3.8, 4) is 0 Å². The summed E-state index contributed by atoms with van der Waals surface area (Å²) in [6.07, 6.45) is 25.7. The maximum absolute atomic E-state index is 14.6. The molecule has 0 aromatic rings. The summed E-state index contributed by atoms with van der Waals surface area (Å²) in [5.74, 6) is -0.00980. The Balaban J connectivity index is 3.28. The molecule has 0 heterocycles. The van der Waals surface area contributed by atoms with Crippen molar-refractivity contribution in [1.29, 1.82) is 0 Å². The van der Waals surface area contributed by atoms with Gasteiger partial charge in [-0.25, -0.2) is 0 Å². The zero-order chi connectivity index (χ0) is 35.6. The smallest absolute Gasteiger partial charge is 0.209 e. The minimum absolute atomic E-state index is 0.0185. The van der Waals surface area contributed by atoms with Crippen molar-refractivity contribution in [2.45, 2.75) is 183 Å². The van der Waals surface area contributed by atoms with Gasteiger partial charge in [-0.2, -0.15) is 0 Å². The Bertz CT molecular complexity index is 906. The van der Waals surface area contributed by atoms with Gasteiger partial charge >= 0.3 is 0 Å². The summed E-state index contributed by atoms with van der Waals surface area (Å²) in [5, 5.41) is 0. The fraction of sp³-hybridized carbons (Fsp3) is 0.810. The molecule has 1 aliphatic rings. The molecule has 0 aliphatic heterocycles. The van der Waals surface area contributed by atoms with Crippen LogP contribution in [0.1, 0.15) is 183 Å². The van der Waals surface area contributed by atoms with E-state index in [2.05, 4.69) is 27.7 Å². The molecule has 48 heavy (non-hydrogen) atoms. The van der Waals surface area contributed by atoms with Crippen LogP contribution in [0, 0.1) is 11.8 Å². The number of hydrogen-bond acceptors (Lipinski definition) is 4. The van der Waals surface area contributed by atoms with Crippen molar-refractivity contribution in [2.24, 2.45) is 11.8 Å². The Morgan fingerprint density at radius 2 is 0.771 bits per heavy atom. The van der Waals surface area contributed by atoms with Crippen molar-refractivity contribution in [3.63, 3.8) is 0 Å². The molecule has 2 atom stereocenters. The van der Waals surface area contributed by atoms with E-state index in [4.69, 9.17) is 0 Å². The first-order valence-electron chi connectivity index (χ1n) is 20.2. The van der Waals surface area contributed by atoms with Crippen LogP contribution in [0.3, 0.4) is 0 Å². The summed E-state index contributed by atoms with van der Waals surface area (Å²) in [6.45, 7) is 15.0. The van der Waals surface area contributed by atoms with Gasteiger partial charge in [-0.05, 0) is 50.4 Å². The molecule has 2 amide bonds. The van der Waals surface area contributed by atoms with Crippen LogP contribution in [0.5, 0.6) is 0 Å². The molecule has 0 fully saturated rings. The second kappa shape index (κ2) is 27.6. The molecule has 1 aliphatic carbocycles. The van der Waals surface area contributed by atoms with Crippen molar-refractivity contribution in [2.75, 3.05) is 26.2 Å². The van der Waals surface area contributed by atoms with E-state index in [1.54, 1.807) is 9.80 Å². The minimum Gasteiger partial charge on any atom is -0.345 e. The lowest BCUT2D eigenvalue weighted by molar-refractivity contribution is -0.119. The molecule has 276 valence electrons. The van der Waals surface area contributed by atoms with Crippen molar-refractivity contribution < 1.29 is 19.2 Å². The van der Waals surface area contributed by atoms with Gasteiger partial charge in [-0.3, -0.25) is 19.2 Å². The highest BCUT2D eigenvalue weighted by molar-refractivity contribution is 6.25. The van der Waals surface area contributed by atoms with Crippen LogP contribution < -0.4 is 0 Å². The standard InChI is InChI=1S/C42H74N2O4/c1-7-11-13-15-17-19-21-23-25-35(5)39-37(27-31-43(33-45)29-9-3)42(48)40(36(6)26-24-22-20-18-16-14-12-8-2)38(41(39)47)28-32-44(34-46)30-10-4/h33-36H,7-32H2,1-6H3. The second-order valence-electron chi connectivity index (χ2n) is 14.6. The minimum atomic E-state index is -0.0234. The monoisotopic (exact) mass is 671 g/mol. The van der Waals surface area contributed by atoms with Gasteiger partial charge in [0.15, 0.2) is 11.6 Å². The number of allylic oxidation sites excluding steroid dienone is 2. The molecule has 0 radical (unpaired) electrons. The number of carbonyl (C=O) groups excluding carboxylic acids is 4. The third-order valence-corrected chi connectivity index (χ3v) is 10.3. The Morgan fingerprint density at radius 3 is 1.06 bits per heavy atom. The van der Waals surface area contributed by atoms with Crippen LogP contribution in [0.25, 0.3) is 0 Å². The number of unbranched alkanes of at least 4 members (excludes halogenated alkanes) is 14. The number of carbonyl (C=O) groups is 4. The second-order valence-corrected chi connectivity index (χ2v) is 14.6. The average molecular weight is 671 g/mol. The van der Waals surface area contributed by atoms with Gasteiger partial charge in [0.1, 0.15) is 0 Å². The van der Waals surface area contributed by atoms with E-state index in [1.165, 1.54) is 77.0 Å². The third kappa shape index (κ3) is 16.4. The zero-order valence-electron chi connectivity index (χ0n) is 32.2.